The fourth-order valence-electron chi connectivity index (χ4n) is 2.52. The van der Waals surface area contributed by atoms with Crippen molar-refractivity contribution in [3.8, 4) is 0 Å². The Labute approximate surface area is 98.4 Å². The lowest BCUT2D eigenvalue weighted by atomic mass is 10.0. The molecule has 0 aliphatic carbocycles. The molecule has 88 valence electrons. The SMILES string of the molecule is CC(CN1CC(C)C(N)C1)c1ccccc1. The van der Waals surface area contributed by atoms with Crippen LogP contribution in [-0.2, 0) is 0 Å². The highest BCUT2D eigenvalue weighted by molar-refractivity contribution is 5.19. The summed E-state index contributed by atoms with van der Waals surface area (Å²) in [5.74, 6) is 1.24. The van der Waals surface area contributed by atoms with E-state index in [9.17, 15) is 0 Å². The van der Waals surface area contributed by atoms with E-state index in [1.54, 1.807) is 0 Å². The van der Waals surface area contributed by atoms with Crippen LogP contribution in [0.3, 0.4) is 0 Å². The van der Waals surface area contributed by atoms with E-state index in [1.807, 2.05) is 0 Å². The molecule has 2 heteroatoms. The predicted molar refractivity (Wildman–Crippen MR) is 68.4 cm³/mol. The third-order valence-electron chi connectivity index (χ3n) is 3.65. The van der Waals surface area contributed by atoms with Gasteiger partial charge < -0.3 is 10.6 Å². The maximum Gasteiger partial charge on any atom is 0.0206 e. The molecule has 3 atom stereocenters. The molecule has 0 radical (unpaired) electrons. The largest absolute Gasteiger partial charge is 0.326 e. The highest BCUT2D eigenvalue weighted by Gasteiger charge is 2.27. The number of hydrogen-bond acceptors (Lipinski definition) is 2. The van der Waals surface area contributed by atoms with E-state index in [4.69, 9.17) is 5.73 Å². The Hall–Kier alpha value is -0.860. The molecule has 0 aromatic heterocycles. The number of nitrogens with zero attached hydrogens (tertiary/aromatic N) is 1. The van der Waals surface area contributed by atoms with Crippen molar-refractivity contribution < 1.29 is 0 Å². The zero-order valence-corrected chi connectivity index (χ0v) is 10.3. The molecule has 1 fully saturated rings. The Morgan fingerprint density at radius 1 is 1.31 bits per heavy atom. The van der Waals surface area contributed by atoms with Gasteiger partial charge in [0.25, 0.3) is 0 Å². The predicted octanol–water partition coefficient (Wildman–Crippen LogP) is 2.07. The summed E-state index contributed by atoms with van der Waals surface area (Å²) in [6.07, 6.45) is 0. The molecule has 1 saturated heterocycles. The van der Waals surface area contributed by atoms with Crippen molar-refractivity contribution >= 4 is 0 Å². The Balaban J connectivity index is 1.91. The molecule has 0 saturated carbocycles. The third-order valence-corrected chi connectivity index (χ3v) is 3.65. The van der Waals surface area contributed by atoms with Crippen molar-refractivity contribution in [2.75, 3.05) is 19.6 Å². The molecular formula is C14H22N2. The van der Waals surface area contributed by atoms with Gasteiger partial charge in [0.05, 0.1) is 0 Å². The van der Waals surface area contributed by atoms with Gasteiger partial charge in [0.15, 0.2) is 0 Å². The summed E-state index contributed by atoms with van der Waals surface area (Å²) in [4.78, 5) is 2.49. The van der Waals surface area contributed by atoms with Gasteiger partial charge in [0.1, 0.15) is 0 Å². The van der Waals surface area contributed by atoms with Crippen LogP contribution >= 0.6 is 0 Å². The van der Waals surface area contributed by atoms with E-state index in [-0.39, 0.29) is 0 Å². The van der Waals surface area contributed by atoms with Gasteiger partial charge in [-0.05, 0) is 17.4 Å². The molecule has 1 aromatic rings. The van der Waals surface area contributed by atoms with Crippen LogP contribution in [0.15, 0.2) is 30.3 Å². The molecule has 0 spiro atoms. The van der Waals surface area contributed by atoms with E-state index in [0.29, 0.717) is 17.9 Å². The summed E-state index contributed by atoms with van der Waals surface area (Å²) in [7, 11) is 0. The normalized spacial score (nSPS) is 28.2. The van der Waals surface area contributed by atoms with Crippen molar-refractivity contribution in [3.63, 3.8) is 0 Å². The fraction of sp³-hybridized carbons (Fsp3) is 0.571. The number of benzene rings is 1. The Morgan fingerprint density at radius 2 is 2.00 bits per heavy atom. The molecule has 16 heavy (non-hydrogen) atoms. The van der Waals surface area contributed by atoms with Crippen molar-refractivity contribution in [2.45, 2.75) is 25.8 Å². The summed E-state index contributed by atoms with van der Waals surface area (Å²) in [5.41, 5.74) is 7.47. The molecule has 1 aliphatic heterocycles. The van der Waals surface area contributed by atoms with E-state index >= 15 is 0 Å². The molecule has 0 amide bonds. The van der Waals surface area contributed by atoms with Crippen molar-refractivity contribution in [1.29, 1.82) is 0 Å². The summed E-state index contributed by atoms with van der Waals surface area (Å²) in [6.45, 7) is 7.88. The second-order valence-corrected chi connectivity index (χ2v) is 5.17. The molecule has 3 unspecified atom stereocenters. The lowest BCUT2D eigenvalue weighted by Crippen LogP contribution is -2.30. The van der Waals surface area contributed by atoms with Gasteiger partial charge in [-0.25, -0.2) is 0 Å². The molecule has 0 bridgehead atoms. The molecule has 1 heterocycles. The van der Waals surface area contributed by atoms with Crippen LogP contribution in [0, 0.1) is 5.92 Å². The first-order chi connectivity index (χ1) is 7.66. The van der Waals surface area contributed by atoms with Crippen LogP contribution in [0.5, 0.6) is 0 Å². The monoisotopic (exact) mass is 218 g/mol. The van der Waals surface area contributed by atoms with Crippen LogP contribution < -0.4 is 5.73 Å². The topological polar surface area (TPSA) is 29.3 Å². The third kappa shape index (κ3) is 2.63. The lowest BCUT2D eigenvalue weighted by molar-refractivity contribution is 0.309. The molecule has 2 nitrogen and oxygen atoms in total. The number of hydrogen-bond donors (Lipinski definition) is 1. The van der Waals surface area contributed by atoms with Crippen LogP contribution in [-0.4, -0.2) is 30.6 Å². The van der Waals surface area contributed by atoms with Gasteiger partial charge in [0, 0.05) is 25.7 Å². The first-order valence-electron chi connectivity index (χ1n) is 6.19. The average molecular weight is 218 g/mol. The van der Waals surface area contributed by atoms with E-state index in [0.717, 1.165) is 19.6 Å². The van der Waals surface area contributed by atoms with Gasteiger partial charge in [-0.2, -0.15) is 0 Å². The van der Waals surface area contributed by atoms with Crippen molar-refractivity contribution in [2.24, 2.45) is 11.7 Å². The maximum absolute atomic E-state index is 6.04. The van der Waals surface area contributed by atoms with Gasteiger partial charge in [-0.15, -0.1) is 0 Å². The van der Waals surface area contributed by atoms with E-state index < -0.39 is 0 Å². The van der Waals surface area contributed by atoms with Crippen molar-refractivity contribution in [3.05, 3.63) is 35.9 Å². The quantitative estimate of drug-likeness (QED) is 0.841. The van der Waals surface area contributed by atoms with Gasteiger partial charge in [-0.3, -0.25) is 0 Å². The minimum atomic E-state index is 0.364. The number of likely N-dealkylation sites (tertiary alicyclic amines) is 1. The van der Waals surface area contributed by atoms with Crippen LogP contribution in [0.25, 0.3) is 0 Å². The smallest absolute Gasteiger partial charge is 0.0206 e. The summed E-state index contributed by atoms with van der Waals surface area (Å²) in [6, 6.07) is 11.1. The van der Waals surface area contributed by atoms with Gasteiger partial charge in [-0.1, -0.05) is 44.2 Å². The van der Waals surface area contributed by atoms with Crippen LogP contribution in [0.2, 0.25) is 0 Å². The highest BCUT2D eigenvalue weighted by atomic mass is 15.2. The fourth-order valence-corrected chi connectivity index (χ4v) is 2.52. The maximum atomic E-state index is 6.04. The minimum Gasteiger partial charge on any atom is -0.326 e. The standard InChI is InChI=1S/C14H22N2/c1-11(13-6-4-3-5-7-13)8-16-9-12(2)14(15)10-16/h3-7,11-12,14H,8-10,15H2,1-2H3. The Bertz CT molecular complexity index is 313. The second kappa shape index (κ2) is 4.98. The molecule has 1 aliphatic rings. The van der Waals surface area contributed by atoms with Gasteiger partial charge >= 0.3 is 0 Å². The highest BCUT2D eigenvalue weighted by Crippen LogP contribution is 2.20. The number of nitrogens with two attached hydrogens (primary N) is 1. The molecular weight excluding hydrogens is 196 g/mol. The number of rotatable bonds is 3. The molecule has 1 aromatic carbocycles. The second-order valence-electron chi connectivity index (χ2n) is 5.17. The van der Waals surface area contributed by atoms with Gasteiger partial charge in [0.2, 0.25) is 0 Å². The first kappa shape index (κ1) is 11.6. The van der Waals surface area contributed by atoms with Crippen LogP contribution in [0.1, 0.15) is 25.3 Å². The van der Waals surface area contributed by atoms with E-state index in [2.05, 4.69) is 49.1 Å². The molecule has 2 N–H and O–H groups in total. The summed E-state index contributed by atoms with van der Waals surface area (Å²) < 4.78 is 0. The molecule has 2 rings (SSSR count). The first-order valence-corrected chi connectivity index (χ1v) is 6.19. The zero-order chi connectivity index (χ0) is 11.5. The Morgan fingerprint density at radius 3 is 2.56 bits per heavy atom. The van der Waals surface area contributed by atoms with Crippen LogP contribution in [0.4, 0.5) is 0 Å². The summed E-state index contributed by atoms with van der Waals surface area (Å²) >= 11 is 0. The average Bonchev–Trinajstić information content (AvgIpc) is 2.59. The lowest BCUT2D eigenvalue weighted by Gasteiger charge is -2.20. The van der Waals surface area contributed by atoms with Crippen molar-refractivity contribution in [1.82, 2.24) is 4.90 Å². The minimum absolute atomic E-state index is 0.364. The Kier molecular flexibility index (Phi) is 3.62. The summed E-state index contributed by atoms with van der Waals surface area (Å²) in [5, 5.41) is 0. The van der Waals surface area contributed by atoms with E-state index in [1.165, 1.54) is 5.56 Å². The zero-order valence-electron chi connectivity index (χ0n) is 10.3.